The molecule has 62 valence electrons. The molecule has 3 N–H and O–H groups in total. The van der Waals surface area contributed by atoms with E-state index in [1.54, 1.807) is 0 Å². The Bertz CT molecular complexity index is 475. The highest BCUT2D eigenvalue weighted by Gasteiger charge is 2.03. The summed E-state index contributed by atoms with van der Waals surface area (Å²) < 4.78 is 6.88. The molecule has 0 aromatic carbocycles. The van der Waals surface area contributed by atoms with Crippen LogP contribution in [0.15, 0.2) is 11.1 Å². The number of hydrogen-bond acceptors (Lipinski definition) is 4. The minimum atomic E-state index is -0.293. The van der Waals surface area contributed by atoms with E-state index in [9.17, 15) is 4.79 Å². The average molecular weight is 166 g/mol. The average Bonchev–Trinajstić information content (AvgIpc) is 2.53. The van der Waals surface area contributed by atoms with E-state index in [1.165, 1.54) is 6.33 Å². The highest BCUT2D eigenvalue weighted by atomic mass is 16.1. The van der Waals surface area contributed by atoms with Crippen molar-refractivity contribution >= 4 is 17.1 Å². The van der Waals surface area contributed by atoms with Gasteiger partial charge in [-0.05, 0) is 0 Å². The summed E-state index contributed by atoms with van der Waals surface area (Å²) in [6.45, 7) is 0. The van der Waals surface area contributed by atoms with E-state index >= 15 is 0 Å². The van der Waals surface area contributed by atoms with Crippen molar-refractivity contribution in [2.75, 3.05) is 12.3 Å². The molecule has 2 heterocycles. The van der Waals surface area contributed by atoms with E-state index in [0.29, 0.717) is 11.2 Å². The number of fused-ring (bicyclic) bond motifs is 1. The molecule has 0 saturated heterocycles. The van der Waals surface area contributed by atoms with Crippen molar-refractivity contribution in [3.63, 3.8) is 0 Å². The maximum atomic E-state index is 11.3. The predicted molar refractivity (Wildman–Crippen MR) is 44.1 cm³/mol. The zero-order valence-electron chi connectivity index (χ0n) is 7.09. The first-order valence-electron chi connectivity index (χ1n) is 3.98. The van der Waals surface area contributed by atoms with Gasteiger partial charge in [-0.2, -0.15) is 4.98 Å². The number of aromatic nitrogens is 4. The zero-order chi connectivity index (χ0) is 9.26. The first-order chi connectivity index (χ1) is 6.31. The second kappa shape index (κ2) is 2.33. The van der Waals surface area contributed by atoms with Crippen LogP contribution in [0.3, 0.4) is 0 Å². The fourth-order valence-corrected chi connectivity index (χ4v) is 0.927. The van der Waals surface area contributed by atoms with Crippen LogP contribution in [0, 0.1) is 0 Å². The van der Waals surface area contributed by atoms with Crippen LogP contribution in [0.5, 0.6) is 0 Å². The molecule has 0 aliphatic heterocycles. The van der Waals surface area contributed by atoms with E-state index in [1.807, 2.05) is 0 Å². The Morgan fingerprint density at radius 1 is 1.75 bits per heavy atom. The number of nitrogens with one attached hydrogen (secondary N) is 3. The summed E-state index contributed by atoms with van der Waals surface area (Å²) in [5, 5.41) is 2.58. The molecule has 0 unspecified atom stereocenters. The van der Waals surface area contributed by atoms with Crippen molar-refractivity contribution in [2.45, 2.75) is 0 Å². The van der Waals surface area contributed by atoms with Gasteiger partial charge in [0.2, 0.25) is 5.95 Å². The summed E-state index contributed by atoms with van der Waals surface area (Å²) in [5.74, 6) is 0.264. The van der Waals surface area contributed by atoms with Crippen LogP contribution in [0.4, 0.5) is 5.95 Å². The number of imidazole rings is 1. The summed E-state index contributed by atoms with van der Waals surface area (Å²) in [5.41, 5.74) is 0.397. The number of rotatable bonds is 1. The van der Waals surface area contributed by atoms with E-state index in [4.69, 9.17) is 1.37 Å². The molecule has 2 rings (SSSR count). The van der Waals surface area contributed by atoms with E-state index < -0.39 is 0 Å². The Balaban J connectivity index is 2.63. The largest absolute Gasteiger partial charge is 0.359 e. The van der Waals surface area contributed by atoms with Crippen LogP contribution in [0.2, 0.25) is 0 Å². The Kier molecular flexibility index (Phi) is 1.12. The summed E-state index contributed by atoms with van der Waals surface area (Å²) in [7, 11) is -0.0428. The number of hydrogen-bond donors (Lipinski definition) is 3. The second-order valence-corrected chi connectivity index (χ2v) is 2.19. The lowest BCUT2D eigenvalue weighted by Gasteiger charge is -1.95. The van der Waals surface area contributed by atoms with Crippen LogP contribution in [-0.4, -0.2) is 27.0 Å². The fraction of sp³-hybridized carbons (Fsp3) is 0.167. The third-order valence-electron chi connectivity index (χ3n) is 1.46. The molecule has 6 heteroatoms. The summed E-state index contributed by atoms with van der Waals surface area (Å²) in [6.07, 6.45) is 1.40. The molecule has 0 aliphatic rings. The van der Waals surface area contributed by atoms with Crippen molar-refractivity contribution in [1.82, 2.24) is 19.9 Å². The lowest BCUT2D eigenvalue weighted by molar-refractivity contribution is 1.14. The van der Waals surface area contributed by atoms with Gasteiger partial charge in [0.1, 0.15) is 0 Å². The third kappa shape index (κ3) is 0.849. The molecule has 0 atom stereocenters. The van der Waals surface area contributed by atoms with Crippen LogP contribution in [0.1, 0.15) is 1.37 Å². The fourth-order valence-electron chi connectivity index (χ4n) is 0.927. The normalized spacial score (nSPS) is 11.5. The Morgan fingerprint density at radius 3 is 3.50 bits per heavy atom. The van der Waals surface area contributed by atoms with Gasteiger partial charge in [0.25, 0.3) is 5.56 Å². The molecule has 0 aliphatic carbocycles. The first-order valence-corrected chi connectivity index (χ1v) is 3.28. The summed E-state index contributed by atoms with van der Waals surface area (Å²) in [6, 6.07) is 0. The number of nitrogens with zero attached hydrogens (tertiary/aromatic N) is 2. The van der Waals surface area contributed by atoms with Crippen LogP contribution in [0.25, 0.3) is 11.2 Å². The summed E-state index contributed by atoms with van der Waals surface area (Å²) in [4.78, 5) is 24.2. The number of aromatic amines is 2. The molecule has 6 nitrogen and oxygen atoms in total. The lowest BCUT2D eigenvalue weighted by Crippen LogP contribution is -2.11. The molecular formula is C6H7N5O. The SMILES string of the molecule is [2H]CNc1nc2nc[nH]c2c(=O)[nH]1. The quantitative estimate of drug-likeness (QED) is 0.542. The lowest BCUT2D eigenvalue weighted by atomic mass is 10.5. The highest BCUT2D eigenvalue weighted by molar-refractivity contribution is 5.69. The monoisotopic (exact) mass is 166 g/mol. The maximum absolute atomic E-state index is 11.3. The van der Waals surface area contributed by atoms with Crippen molar-refractivity contribution in [1.29, 1.82) is 0 Å². The van der Waals surface area contributed by atoms with Gasteiger partial charge in [0.15, 0.2) is 11.2 Å². The van der Waals surface area contributed by atoms with Gasteiger partial charge in [-0.1, -0.05) is 0 Å². The van der Waals surface area contributed by atoms with Gasteiger partial charge in [0.05, 0.1) is 6.33 Å². The van der Waals surface area contributed by atoms with Crippen molar-refractivity contribution in [3.8, 4) is 0 Å². The first kappa shape index (κ1) is 5.76. The van der Waals surface area contributed by atoms with E-state index in [0.717, 1.165) is 0 Å². The van der Waals surface area contributed by atoms with Crippen LogP contribution < -0.4 is 10.9 Å². The number of H-pyrrole nitrogens is 2. The van der Waals surface area contributed by atoms with Gasteiger partial charge < -0.3 is 10.3 Å². The van der Waals surface area contributed by atoms with E-state index in [-0.39, 0.29) is 18.5 Å². The Hall–Kier alpha value is -1.85. The predicted octanol–water partition coefficient (Wildman–Crippen LogP) is -0.312. The van der Waals surface area contributed by atoms with Crippen LogP contribution >= 0.6 is 0 Å². The van der Waals surface area contributed by atoms with Gasteiger partial charge in [0, 0.05) is 8.39 Å². The molecule has 12 heavy (non-hydrogen) atoms. The van der Waals surface area contributed by atoms with Gasteiger partial charge in [-0.15, -0.1) is 0 Å². The van der Waals surface area contributed by atoms with Gasteiger partial charge >= 0.3 is 0 Å². The second-order valence-electron chi connectivity index (χ2n) is 2.19. The third-order valence-corrected chi connectivity index (χ3v) is 1.46. The zero-order valence-corrected chi connectivity index (χ0v) is 6.09. The Labute approximate surface area is 68.5 Å². The van der Waals surface area contributed by atoms with Gasteiger partial charge in [-0.3, -0.25) is 9.78 Å². The number of anilines is 1. The smallest absolute Gasteiger partial charge is 0.278 e. The standard InChI is InChI=1S/C6H7N5O/c1-7-6-10-4-3(5(12)11-6)8-2-9-4/h2H,1H3,(H3,7,8,9,10,11,12)/i1D. The molecule has 0 saturated carbocycles. The van der Waals surface area contributed by atoms with Crippen molar-refractivity contribution in [3.05, 3.63) is 16.7 Å². The van der Waals surface area contributed by atoms with Crippen molar-refractivity contribution in [2.24, 2.45) is 0 Å². The van der Waals surface area contributed by atoms with Gasteiger partial charge in [-0.25, -0.2) is 4.98 Å². The van der Waals surface area contributed by atoms with Crippen molar-refractivity contribution < 1.29 is 1.37 Å². The molecule has 0 radical (unpaired) electrons. The molecule has 2 aromatic heterocycles. The minimum Gasteiger partial charge on any atom is -0.359 e. The molecule has 0 amide bonds. The van der Waals surface area contributed by atoms with Crippen LogP contribution in [-0.2, 0) is 0 Å². The molecule has 2 aromatic rings. The summed E-state index contributed by atoms with van der Waals surface area (Å²) >= 11 is 0. The minimum absolute atomic E-state index is 0.0428. The van der Waals surface area contributed by atoms with E-state index in [2.05, 4.69) is 25.3 Å². The molecule has 0 fully saturated rings. The maximum Gasteiger partial charge on any atom is 0.278 e. The molecule has 0 bridgehead atoms. The highest BCUT2D eigenvalue weighted by Crippen LogP contribution is 2.00. The topological polar surface area (TPSA) is 86.5 Å². The molecule has 0 spiro atoms. The molecular weight excluding hydrogens is 158 g/mol. The Morgan fingerprint density at radius 2 is 2.67 bits per heavy atom.